The van der Waals surface area contributed by atoms with Crippen LogP contribution in [0.2, 0.25) is 0 Å². The quantitative estimate of drug-likeness (QED) is 0.583. The van der Waals surface area contributed by atoms with E-state index in [1.54, 1.807) is 28.0 Å². The molecule has 0 saturated carbocycles. The maximum atomic E-state index is 12.9. The number of piperazine rings is 1. The van der Waals surface area contributed by atoms with Crippen LogP contribution in [0.3, 0.4) is 0 Å². The van der Waals surface area contributed by atoms with Crippen LogP contribution in [0.15, 0.2) is 34.0 Å². The number of aryl methyl sites for hydroxylation is 2. The van der Waals surface area contributed by atoms with Gasteiger partial charge >= 0.3 is 0 Å². The Balaban J connectivity index is 1.16. The molecule has 0 aliphatic carbocycles. The lowest BCUT2D eigenvalue weighted by molar-refractivity contribution is -0.132. The Kier molecular flexibility index (Phi) is 6.46. The summed E-state index contributed by atoms with van der Waals surface area (Å²) in [4.78, 5) is 54.2. The molecule has 4 heterocycles. The third-order valence-electron chi connectivity index (χ3n) is 6.54. The van der Waals surface area contributed by atoms with Crippen LogP contribution in [-0.2, 0) is 16.1 Å². The molecular weight excluding hydrogens is 470 g/mol. The van der Waals surface area contributed by atoms with Crippen LogP contribution in [-0.4, -0.2) is 70.1 Å². The molecule has 178 valence electrons. The number of anilines is 1. The third kappa shape index (κ3) is 4.49. The Labute approximate surface area is 206 Å². The molecule has 2 aliphatic heterocycles. The molecule has 2 aromatic heterocycles. The van der Waals surface area contributed by atoms with Gasteiger partial charge in [0.25, 0.3) is 5.56 Å². The van der Waals surface area contributed by atoms with Crippen molar-refractivity contribution in [1.29, 1.82) is 0 Å². The molecule has 34 heavy (non-hydrogen) atoms. The van der Waals surface area contributed by atoms with E-state index in [-0.39, 0.29) is 17.4 Å². The van der Waals surface area contributed by atoms with Crippen molar-refractivity contribution >= 4 is 50.8 Å². The first-order valence-electron chi connectivity index (χ1n) is 11.4. The molecule has 10 heteroatoms. The van der Waals surface area contributed by atoms with Crippen LogP contribution in [0.5, 0.6) is 0 Å². The molecule has 1 N–H and O–H groups in total. The predicted octanol–water partition coefficient (Wildman–Crippen LogP) is 2.77. The summed E-state index contributed by atoms with van der Waals surface area (Å²) in [6.45, 7) is 7.62. The Morgan fingerprint density at radius 2 is 1.88 bits per heavy atom. The summed E-state index contributed by atoms with van der Waals surface area (Å²) in [6.07, 6.45) is 0.313. The van der Waals surface area contributed by atoms with Gasteiger partial charge in [-0.15, -0.1) is 23.1 Å². The van der Waals surface area contributed by atoms with Gasteiger partial charge in [0.2, 0.25) is 11.8 Å². The number of nitrogens with one attached hydrogen (secondary N) is 1. The summed E-state index contributed by atoms with van der Waals surface area (Å²) in [5.74, 6) is 1.20. The van der Waals surface area contributed by atoms with E-state index in [4.69, 9.17) is 0 Å². The van der Waals surface area contributed by atoms with Gasteiger partial charge in [0.05, 0.1) is 23.4 Å². The third-order valence-corrected chi connectivity index (χ3v) is 8.69. The number of thiophene rings is 1. The molecule has 1 fully saturated rings. The number of rotatable bonds is 5. The smallest absolute Gasteiger partial charge is 0.259 e. The second kappa shape index (κ2) is 9.52. The van der Waals surface area contributed by atoms with Crippen LogP contribution in [0.4, 0.5) is 5.69 Å². The minimum absolute atomic E-state index is 0.0518. The highest BCUT2D eigenvalue weighted by Crippen LogP contribution is 2.35. The van der Waals surface area contributed by atoms with Crippen LogP contribution < -0.4 is 10.5 Å². The largest absolute Gasteiger partial charge is 0.340 e. The number of carbonyl (C=O) groups is 2. The fraction of sp³-hybridized carbons (Fsp3) is 0.417. The van der Waals surface area contributed by atoms with Crippen molar-refractivity contribution in [3.8, 4) is 0 Å². The van der Waals surface area contributed by atoms with E-state index in [1.165, 1.54) is 0 Å². The fourth-order valence-corrected chi connectivity index (χ4v) is 6.49. The average Bonchev–Trinajstić information content (AvgIpc) is 3.12. The fourth-order valence-electron chi connectivity index (χ4n) is 4.51. The SMILES string of the molecule is Cc1sc2nc(CN3CCN(C(=O)CCN4C(=O)CSc5ccccc54)CC3)[nH]c(=O)c2c1C. The van der Waals surface area contributed by atoms with Crippen LogP contribution in [0.1, 0.15) is 22.7 Å². The van der Waals surface area contributed by atoms with Crippen LogP contribution >= 0.6 is 23.1 Å². The number of hydrogen-bond acceptors (Lipinski definition) is 7. The number of para-hydroxylation sites is 1. The van der Waals surface area contributed by atoms with E-state index in [0.29, 0.717) is 49.6 Å². The number of H-pyrrole nitrogens is 1. The van der Waals surface area contributed by atoms with E-state index >= 15 is 0 Å². The van der Waals surface area contributed by atoms with E-state index in [0.717, 1.165) is 38.9 Å². The van der Waals surface area contributed by atoms with Gasteiger partial charge in [-0.1, -0.05) is 12.1 Å². The summed E-state index contributed by atoms with van der Waals surface area (Å²) >= 11 is 3.10. The summed E-state index contributed by atoms with van der Waals surface area (Å²) < 4.78 is 0. The number of carbonyl (C=O) groups excluding carboxylic acids is 2. The lowest BCUT2D eigenvalue weighted by Crippen LogP contribution is -2.49. The molecule has 2 aliphatic rings. The highest BCUT2D eigenvalue weighted by Gasteiger charge is 2.27. The zero-order chi connectivity index (χ0) is 23.8. The maximum absolute atomic E-state index is 12.9. The standard InChI is InChI=1S/C24H27N5O3S2/c1-15-16(2)34-24-22(15)23(32)25-19(26-24)13-27-9-11-28(12-10-27)20(30)7-8-29-17-5-3-4-6-18(17)33-14-21(29)31/h3-6H,7-14H2,1-2H3,(H,25,26,32). The van der Waals surface area contributed by atoms with Crippen molar-refractivity contribution in [3.63, 3.8) is 0 Å². The number of nitrogens with zero attached hydrogens (tertiary/aromatic N) is 4. The number of amides is 2. The van der Waals surface area contributed by atoms with Crippen LogP contribution in [0.25, 0.3) is 10.2 Å². The molecule has 3 aromatic rings. The van der Waals surface area contributed by atoms with Gasteiger partial charge < -0.3 is 14.8 Å². The van der Waals surface area contributed by atoms with Crippen molar-refractivity contribution in [3.05, 3.63) is 50.9 Å². The van der Waals surface area contributed by atoms with Gasteiger partial charge in [-0.2, -0.15) is 0 Å². The van der Waals surface area contributed by atoms with E-state index in [1.807, 2.05) is 43.0 Å². The Hall–Kier alpha value is -2.69. The zero-order valence-electron chi connectivity index (χ0n) is 19.3. The molecule has 1 aromatic carbocycles. The lowest BCUT2D eigenvalue weighted by atomic mass is 10.2. The van der Waals surface area contributed by atoms with Gasteiger partial charge in [-0.3, -0.25) is 19.3 Å². The van der Waals surface area contributed by atoms with Crippen molar-refractivity contribution in [1.82, 2.24) is 19.8 Å². The summed E-state index contributed by atoms with van der Waals surface area (Å²) in [5.41, 5.74) is 1.82. The number of fused-ring (bicyclic) bond motifs is 2. The predicted molar refractivity (Wildman–Crippen MR) is 136 cm³/mol. The van der Waals surface area contributed by atoms with Gasteiger partial charge in [0, 0.05) is 48.9 Å². The van der Waals surface area contributed by atoms with Crippen molar-refractivity contribution in [2.24, 2.45) is 0 Å². The second-order valence-electron chi connectivity index (χ2n) is 8.68. The normalized spacial score (nSPS) is 16.8. The Morgan fingerprint density at radius 3 is 2.68 bits per heavy atom. The van der Waals surface area contributed by atoms with Crippen molar-refractivity contribution in [2.45, 2.75) is 31.7 Å². The Morgan fingerprint density at radius 1 is 1.12 bits per heavy atom. The monoisotopic (exact) mass is 497 g/mol. The minimum atomic E-state index is -0.0807. The molecule has 0 spiro atoms. The molecule has 0 bridgehead atoms. The second-order valence-corrected chi connectivity index (χ2v) is 10.9. The average molecular weight is 498 g/mol. The maximum Gasteiger partial charge on any atom is 0.259 e. The Bertz CT molecular complexity index is 1310. The van der Waals surface area contributed by atoms with Gasteiger partial charge in [-0.05, 0) is 31.5 Å². The van der Waals surface area contributed by atoms with Gasteiger partial charge in [0.15, 0.2) is 0 Å². The number of aromatic amines is 1. The lowest BCUT2D eigenvalue weighted by Gasteiger charge is -2.35. The van der Waals surface area contributed by atoms with E-state index < -0.39 is 0 Å². The number of benzene rings is 1. The minimum Gasteiger partial charge on any atom is -0.340 e. The first-order chi connectivity index (χ1) is 16.4. The topological polar surface area (TPSA) is 89.6 Å². The van der Waals surface area contributed by atoms with Crippen molar-refractivity contribution in [2.75, 3.05) is 43.4 Å². The number of hydrogen-bond donors (Lipinski definition) is 1. The van der Waals surface area contributed by atoms with E-state index in [9.17, 15) is 14.4 Å². The molecule has 5 rings (SSSR count). The van der Waals surface area contributed by atoms with E-state index in [2.05, 4.69) is 14.9 Å². The summed E-state index contributed by atoms with van der Waals surface area (Å²) in [5, 5.41) is 0.690. The van der Waals surface area contributed by atoms with Gasteiger partial charge in [-0.25, -0.2) is 4.98 Å². The molecular formula is C24H27N5O3S2. The molecule has 0 radical (unpaired) electrons. The summed E-state index contributed by atoms with van der Waals surface area (Å²) in [7, 11) is 0. The van der Waals surface area contributed by atoms with Gasteiger partial charge in [0.1, 0.15) is 10.7 Å². The highest BCUT2D eigenvalue weighted by molar-refractivity contribution is 8.00. The first-order valence-corrected chi connectivity index (χ1v) is 13.2. The highest BCUT2D eigenvalue weighted by atomic mass is 32.2. The molecule has 0 atom stereocenters. The zero-order valence-corrected chi connectivity index (χ0v) is 20.9. The molecule has 8 nitrogen and oxygen atoms in total. The van der Waals surface area contributed by atoms with Crippen molar-refractivity contribution < 1.29 is 9.59 Å². The molecule has 1 saturated heterocycles. The first kappa shape index (κ1) is 23.1. The number of aromatic nitrogens is 2. The molecule has 2 amide bonds. The summed E-state index contributed by atoms with van der Waals surface area (Å²) in [6, 6.07) is 7.85. The number of thioether (sulfide) groups is 1. The molecule has 0 unspecified atom stereocenters. The van der Waals surface area contributed by atoms with Crippen LogP contribution in [0, 0.1) is 13.8 Å².